The topological polar surface area (TPSA) is 104 Å². The van der Waals surface area contributed by atoms with Gasteiger partial charge in [-0.05, 0) is 25.3 Å². The monoisotopic (exact) mass is 430 g/mol. The van der Waals surface area contributed by atoms with Crippen molar-refractivity contribution in [2.45, 2.75) is 43.1 Å². The summed E-state index contributed by atoms with van der Waals surface area (Å²) in [5, 5.41) is 3.48. The zero-order valence-corrected chi connectivity index (χ0v) is 17.7. The summed E-state index contributed by atoms with van der Waals surface area (Å²) in [7, 11) is 0. The van der Waals surface area contributed by atoms with Crippen LogP contribution in [-0.2, 0) is 21.7 Å². The number of aromatic amines is 1. The van der Waals surface area contributed by atoms with Crippen LogP contribution in [0.25, 0.3) is 0 Å². The third-order valence-electron chi connectivity index (χ3n) is 4.72. The van der Waals surface area contributed by atoms with E-state index in [4.69, 9.17) is 4.74 Å². The molecular formula is C21H26N4O4S. The number of ether oxygens (including phenoxy) is 1. The van der Waals surface area contributed by atoms with Gasteiger partial charge in [-0.1, -0.05) is 42.1 Å². The lowest BCUT2D eigenvalue weighted by Gasteiger charge is -2.31. The zero-order valence-electron chi connectivity index (χ0n) is 16.9. The van der Waals surface area contributed by atoms with E-state index in [0.717, 1.165) is 5.56 Å². The Morgan fingerprint density at radius 1 is 1.27 bits per heavy atom. The van der Waals surface area contributed by atoms with E-state index in [-0.39, 0.29) is 30.0 Å². The van der Waals surface area contributed by atoms with Crippen LogP contribution in [0.5, 0.6) is 0 Å². The number of carbonyl (C=O) groups is 2. The van der Waals surface area contributed by atoms with Gasteiger partial charge < -0.3 is 19.9 Å². The minimum Gasteiger partial charge on any atom is -0.450 e. The smallest absolute Gasteiger partial charge is 0.409 e. The Morgan fingerprint density at radius 2 is 2.00 bits per heavy atom. The average molecular weight is 431 g/mol. The summed E-state index contributed by atoms with van der Waals surface area (Å²) < 4.78 is 5.00. The number of likely N-dealkylation sites (tertiary alicyclic amines) is 1. The van der Waals surface area contributed by atoms with Gasteiger partial charge in [0.05, 0.1) is 18.7 Å². The van der Waals surface area contributed by atoms with Crippen LogP contribution in [0.15, 0.2) is 46.3 Å². The molecule has 0 aliphatic carbocycles. The number of thioether (sulfide) groups is 1. The van der Waals surface area contributed by atoms with E-state index >= 15 is 0 Å². The minimum absolute atomic E-state index is 0.00269. The molecule has 0 bridgehead atoms. The molecule has 1 fully saturated rings. The third-order valence-corrected chi connectivity index (χ3v) is 5.66. The van der Waals surface area contributed by atoms with Crippen LogP contribution in [0.2, 0.25) is 0 Å². The van der Waals surface area contributed by atoms with Gasteiger partial charge in [0.15, 0.2) is 5.16 Å². The average Bonchev–Trinajstić information content (AvgIpc) is 2.73. The van der Waals surface area contributed by atoms with E-state index in [1.165, 1.54) is 17.8 Å². The predicted molar refractivity (Wildman–Crippen MR) is 114 cm³/mol. The number of hydrogen-bond donors (Lipinski definition) is 2. The maximum absolute atomic E-state index is 12.4. The molecule has 1 saturated heterocycles. The molecule has 8 nitrogen and oxygen atoms in total. The van der Waals surface area contributed by atoms with Gasteiger partial charge in [-0.15, -0.1) is 0 Å². The first kappa shape index (κ1) is 21.9. The van der Waals surface area contributed by atoms with Crippen LogP contribution < -0.4 is 10.9 Å². The highest BCUT2D eigenvalue weighted by atomic mass is 32.2. The van der Waals surface area contributed by atoms with E-state index < -0.39 is 0 Å². The van der Waals surface area contributed by atoms with Crippen LogP contribution in [0.3, 0.4) is 0 Å². The molecule has 1 aliphatic heterocycles. The largest absolute Gasteiger partial charge is 0.450 e. The molecule has 0 spiro atoms. The maximum Gasteiger partial charge on any atom is 0.409 e. The number of nitrogens with zero attached hydrogens (tertiary/aromatic N) is 2. The molecule has 9 heteroatoms. The molecule has 1 aromatic carbocycles. The highest BCUT2D eigenvalue weighted by Crippen LogP contribution is 2.18. The Morgan fingerprint density at radius 3 is 2.70 bits per heavy atom. The van der Waals surface area contributed by atoms with E-state index in [1.54, 1.807) is 11.8 Å². The standard InChI is InChI=1S/C21H26N4O4S/c1-2-29-21(28)25-10-8-16(9-11-25)22-18(26)12-17-13-19(27)24-20(23-17)30-14-15-6-4-3-5-7-15/h3-7,13,16H,2,8-12,14H2,1H3,(H,22,26)(H,23,24,27). The number of aromatic nitrogens is 2. The number of benzene rings is 1. The molecule has 0 radical (unpaired) electrons. The van der Waals surface area contributed by atoms with Crippen molar-refractivity contribution in [1.29, 1.82) is 0 Å². The lowest BCUT2D eigenvalue weighted by molar-refractivity contribution is -0.121. The Hall–Kier alpha value is -2.81. The van der Waals surface area contributed by atoms with Crippen LogP contribution in [0, 0.1) is 0 Å². The summed E-state index contributed by atoms with van der Waals surface area (Å²) in [6, 6.07) is 11.3. The summed E-state index contributed by atoms with van der Waals surface area (Å²) >= 11 is 1.42. The number of rotatable bonds is 7. The van der Waals surface area contributed by atoms with Crippen LogP contribution in [-0.4, -0.2) is 52.6 Å². The van der Waals surface area contributed by atoms with Crippen molar-refractivity contribution in [3.05, 3.63) is 58.0 Å². The summed E-state index contributed by atoms with van der Waals surface area (Å²) in [5.41, 5.74) is 1.30. The van der Waals surface area contributed by atoms with Gasteiger partial charge in [0, 0.05) is 31.0 Å². The summed E-state index contributed by atoms with van der Waals surface area (Å²) in [4.78, 5) is 44.9. The Bertz CT molecular complexity index is 911. The second kappa shape index (κ2) is 10.8. The number of nitrogens with one attached hydrogen (secondary N) is 2. The third kappa shape index (κ3) is 6.62. The molecule has 2 heterocycles. The Kier molecular flexibility index (Phi) is 7.89. The van der Waals surface area contributed by atoms with Gasteiger partial charge in [0.1, 0.15) is 0 Å². The van der Waals surface area contributed by atoms with Crippen molar-refractivity contribution in [2.75, 3.05) is 19.7 Å². The number of piperidine rings is 1. The molecule has 2 amide bonds. The molecule has 0 saturated carbocycles. The first-order valence-corrected chi connectivity index (χ1v) is 11.0. The SMILES string of the molecule is CCOC(=O)N1CCC(NC(=O)Cc2cc(=O)[nH]c(SCc3ccccc3)n2)CC1. The van der Waals surface area contributed by atoms with Crippen molar-refractivity contribution in [2.24, 2.45) is 0 Å². The lowest BCUT2D eigenvalue weighted by atomic mass is 10.1. The molecule has 2 aromatic rings. The van der Waals surface area contributed by atoms with Crippen molar-refractivity contribution in [3.8, 4) is 0 Å². The van der Waals surface area contributed by atoms with Crippen molar-refractivity contribution >= 4 is 23.8 Å². The molecule has 1 aromatic heterocycles. The van der Waals surface area contributed by atoms with Gasteiger partial charge in [-0.25, -0.2) is 9.78 Å². The Balaban J connectivity index is 1.50. The van der Waals surface area contributed by atoms with Crippen LogP contribution >= 0.6 is 11.8 Å². The summed E-state index contributed by atoms with van der Waals surface area (Å²) in [6.45, 7) is 3.23. The molecule has 160 valence electrons. The van der Waals surface area contributed by atoms with E-state index in [1.807, 2.05) is 30.3 Å². The quantitative estimate of drug-likeness (QED) is 0.516. The van der Waals surface area contributed by atoms with Crippen molar-refractivity contribution in [3.63, 3.8) is 0 Å². The zero-order chi connectivity index (χ0) is 21.3. The summed E-state index contributed by atoms with van der Waals surface area (Å²) in [6.07, 6.45) is 1.08. The fourth-order valence-corrected chi connectivity index (χ4v) is 4.08. The number of carbonyl (C=O) groups excluding carboxylic acids is 2. The molecule has 1 aliphatic rings. The van der Waals surface area contributed by atoms with Gasteiger partial charge in [0.25, 0.3) is 5.56 Å². The second-order valence-corrected chi connectivity index (χ2v) is 7.98. The van der Waals surface area contributed by atoms with Gasteiger partial charge >= 0.3 is 6.09 Å². The molecule has 0 unspecified atom stereocenters. The lowest BCUT2D eigenvalue weighted by Crippen LogP contribution is -2.47. The molecule has 0 atom stereocenters. The highest BCUT2D eigenvalue weighted by molar-refractivity contribution is 7.98. The van der Waals surface area contributed by atoms with Crippen LogP contribution in [0.4, 0.5) is 4.79 Å². The molecule has 2 N–H and O–H groups in total. The normalized spacial score (nSPS) is 14.4. The number of H-pyrrole nitrogens is 1. The second-order valence-electron chi connectivity index (χ2n) is 7.02. The number of hydrogen-bond acceptors (Lipinski definition) is 6. The molecule has 3 rings (SSSR count). The van der Waals surface area contributed by atoms with Crippen molar-refractivity contribution < 1.29 is 14.3 Å². The molecule has 30 heavy (non-hydrogen) atoms. The van der Waals surface area contributed by atoms with Gasteiger partial charge in [-0.3, -0.25) is 9.59 Å². The number of amides is 2. The minimum atomic E-state index is -0.310. The molecular weight excluding hydrogens is 404 g/mol. The first-order chi connectivity index (χ1) is 14.5. The summed E-state index contributed by atoms with van der Waals surface area (Å²) in [5.74, 6) is 0.500. The van der Waals surface area contributed by atoms with E-state index in [0.29, 0.717) is 49.1 Å². The highest BCUT2D eigenvalue weighted by Gasteiger charge is 2.24. The van der Waals surface area contributed by atoms with E-state index in [9.17, 15) is 14.4 Å². The first-order valence-electron chi connectivity index (χ1n) is 10.0. The van der Waals surface area contributed by atoms with Gasteiger partial charge in [-0.2, -0.15) is 0 Å². The fraction of sp³-hybridized carbons (Fsp3) is 0.429. The van der Waals surface area contributed by atoms with Gasteiger partial charge in [0.2, 0.25) is 5.91 Å². The predicted octanol–water partition coefficient (Wildman–Crippen LogP) is 2.34. The van der Waals surface area contributed by atoms with Crippen molar-refractivity contribution in [1.82, 2.24) is 20.2 Å². The van der Waals surface area contributed by atoms with Crippen LogP contribution in [0.1, 0.15) is 31.0 Å². The Labute approximate surface area is 179 Å². The van der Waals surface area contributed by atoms with E-state index in [2.05, 4.69) is 15.3 Å². The fourth-order valence-electron chi connectivity index (χ4n) is 3.23. The maximum atomic E-state index is 12.4.